The molecule has 1 heterocycles. The van der Waals surface area contributed by atoms with Crippen LogP contribution >= 0.6 is 0 Å². The topological polar surface area (TPSA) is 95.1 Å². The van der Waals surface area contributed by atoms with Gasteiger partial charge in [0.05, 0.1) is 0 Å². The number of aromatic amines is 1. The van der Waals surface area contributed by atoms with Crippen LogP contribution in [-0.4, -0.2) is 23.2 Å². The van der Waals surface area contributed by atoms with Gasteiger partial charge in [-0.05, 0) is 12.1 Å². The van der Waals surface area contributed by atoms with Crippen molar-refractivity contribution in [3.8, 4) is 0 Å². The fourth-order valence-corrected chi connectivity index (χ4v) is 1.24. The SMILES string of the molecule is Fc1ccccc1.O=S(=O)(O)Nc1cc[nH]n1. The van der Waals surface area contributed by atoms with Crippen LogP contribution in [0.15, 0.2) is 42.6 Å². The lowest BCUT2D eigenvalue weighted by atomic mass is 10.4. The quantitative estimate of drug-likeness (QED) is 0.711. The highest BCUT2D eigenvalue weighted by Crippen LogP contribution is 1.99. The van der Waals surface area contributed by atoms with Crippen molar-refractivity contribution in [2.45, 2.75) is 0 Å². The number of halogens is 1. The largest absolute Gasteiger partial charge is 0.358 e. The Kier molecular flexibility index (Phi) is 4.61. The highest BCUT2D eigenvalue weighted by atomic mass is 32.2. The van der Waals surface area contributed by atoms with E-state index in [0.717, 1.165) is 0 Å². The van der Waals surface area contributed by atoms with Gasteiger partial charge in [-0.3, -0.25) is 9.65 Å². The minimum absolute atomic E-state index is 0.0579. The molecule has 0 aliphatic rings. The van der Waals surface area contributed by atoms with Gasteiger partial charge in [-0.2, -0.15) is 13.5 Å². The molecule has 6 nitrogen and oxygen atoms in total. The van der Waals surface area contributed by atoms with E-state index in [0.29, 0.717) is 0 Å². The number of H-pyrrole nitrogens is 1. The average Bonchev–Trinajstić information content (AvgIpc) is 2.70. The fraction of sp³-hybridized carbons (Fsp3) is 0. The smallest absolute Gasteiger partial charge is 0.284 e. The standard InChI is InChI=1S/C6H5F.C3H5N3O3S/c7-6-4-2-1-3-5-6;7-10(8,9)6-3-1-2-4-5-3/h1-5H;1-2H,(H2,4,5,6)(H,7,8,9). The lowest BCUT2D eigenvalue weighted by Gasteiger charge is -1.93. The minimum atomic E-state index is -4.18. The van der Waals surface area contributed by atoms with Crippen LogP contribution in [0.1, 0.15) is 0 Å². The number of hydrogen-bond donors (Lipinski definition) is 3. The number of rotatable bonds is 2. The molecule has 92 valence electrons. The first kappa shape index (κ1) is 13.1. The molecular weight excluding hydrogens is 249 g/mol. The van der Waals surface area contributed by atoms with Gasteiger partial charge < -0.3 is 0 Å². The predicted octanol–water partition coefficient (Wildman–Crippen LogP) is 1.45. The summed E-state index contributed by atoms with van der Waals surface area (Å²) >= 11 is 0. The zero-order valence-electron chi connectivity index (χ0n) is 8.54. The van der Waals surface area contributed by atoms with Crippen molar-refractivity contribution < 1.29 is 17.4 Å². The monoisotopic (exact) mass is 259 g/mol. The number of nitrogens with zero attached hydrogens (tertiary/aromatic N) is 1. The van der Waals surface area contributed by atoms with Gasteiger partial charge in [-0.1, -0.05) is 18.2 Å². The van der Waals surface area contributed by atoms with Crippen LogP contribution < -0.4 is 4.72 Å². The third kappa shape index (κ3) is 6.28. The van der Waals surface area contributed by atoms with E-state index in [4.69, 9.17) is 4.55 Å². The van der Waals surface area contributed by atoms with E-state index in [9.17, 15) is 12.8 Å². The fourth-order valence-electron chi connectivity index (χ4n) is 0.864. The summed E-state index contributed by atoms with van der Waals surface area (Å²) in [6.45, 7) is 0. The molecule has 3 N–H and O–H groups in total. The molecule has 0 bridgehead atoms. The highest BCUT2D eigenvalue weighted by molar-refractivity contribution is 7.87. The summed E-state index contributed by atoms with van der Waals surface area (Å²) in [5.41, 5.74) is 0. The molecule has 2 rings (SSSR count). The molecular formula is C9H10FN3O3S. The second kappa shape index (κ2) is 5.97. The van der Waals surface area contributed by atoms with E-state index in [1.54, 1.807) is 22.9 Å². The van der Waals surface area contributed by atoms with Crippen molar-refractivity contribution in [2.24, 2.45) is 0 Å². The summed E-state index contributed by atoms with van der Waals surface area (Å²) < 4.78 is 42.0. The van der Waals surface area contributed by atoms with Crippen LogP contribution in [0.4, 0.5) is 10.2 Å². The van der Waals surface area contributed by atoms with Crippen molar-refractivity contribution in [1.29, 1.82) is 0 Å². The van der Waals surface area contributed by atoms with Crippen LogP contribution in [0.2, 0.25) is 0 Å². The van der Waals surface area contributed by atoms with Crippen LogP contribution in [0.25, 0.3) is 0 Å². The van der Waals surface area contributed by atoms with Gasteiger partial charge >= 0.3 is 10.3 Å². The van der Waals surface area contributed by atoms with E-state index >= 15 is 0 Å². The van der Waals surface area contributed by atoms with Crippen LogP contribution in [0.5, 0.6) is 0 Å². The number of anilines is 1. The van der Waals surface area contributed by atoms with Crippen LogP contribution in [0.3, 0.4) is 0 Å². The molecule has 0 aliphatic heterocycles. The third-order valence-corrected chi connectivity index (χ3v) is 1.93. The van der Waals surface area contributed by atoms with Crippen LogP contribution in [-0.2, 0) is 10.3 Å². The van der Waals surface area contributed by atoms with Crippen molar-refractivity contribution in [2.75, 3.05) is 4.72 Å². The van der Waals surface area contributed by atoms with Gasteiger partial charge in [0.15, 0.2) is 5.82 Å². The van der Waals surface area contributed by atoms with Gasteiger partial charge in [-0.25, -0.2) is 9.11 Å². The Hall–Kier alpha value is -1.93. The number of aromatic nitrogens is 2. The molecule has 0 spiro atoms. The van der Waals surface area contributed by atoms with E-state index in [2.05, 4.69) is 10.2 Å². The molecule has 0 saturated carbocycles. The lowest BCUT2D eigenvalue weighted by Crippen LogP contribution is -2.10. The van der Waals surface area contributed by atoms with Gasteiger partial charge in [0.2, 0.25) is 0 Å². The minimum Gasteiger partial charge on any atom is -0.284 e. The predicted molar refractivity (Wildman–Crippen MR) is 60.2 cm³/mol. The first-order chi connectivity index (χ1) is 7.97. The Bertz CT molecular complexity index is 528. The maximum atomic E-state index is 11.9. The van der Waals surface area contributed by atoms with Crippen molar-refractivity contribution >= 4 is 16.1 Å². The molecule has 0 unspecified atom stereocenters. The number of hydrogen-bond acceptors (Lipinski definition) is 3. The maximum Gasteiger partial charge on any atom is 0.358 e. The molecule has 1 aromatic carbocycles. The maximum absolute atomic E-state index is 11.9. The summed E-state index contributed by atoms with van der Waals surface area (Å²) in [5, 5.41) is 5.79. The second-order valence-electron chi connectivity index (χ2n) is 2.83. The van der Waals surface area contributed by atoms with Crippen LogP contribution in [0, 0.1) is 5.82 Å². The Balaban J connectivity index is 0.000000181. The third-order valence-electron chi connectivity index (χ3n) is 1.47. The van der Waals surface area contributed by atoms with Gasteiger partial charge in [0.1, 0.15) is 5.82 Å². The van der Waals surface area contributed by atoms with E-state index in [-0.39, 0.29) is 11.6 Å². The zero-order valence-corrected chi connectivity index (χ0v) is 9.36. The Morgan fingerprint density at radius 3 is 2.24 bits per heavy atom. The Morgan fingerprint density at radius 1 is 1.24 bits per heavy atom. The molecule has 8 heteroatoms. The molecule has 0 atom stereocenters. The lowest BCUT2D eigenvalue weighted by molar-refractivity contribution is 0.489. The van der Waals surface area contributed by atoms with Crippen molar-refractivity contribution in [3.63, 3.8) is 0 Å². The summed E-state index contributed by atoms with van der Waals surface area (Å²) in [5.74, 6) is -0.120. The second-order valence-corrected chi connectivity index (χ2v) is 3.99. The van der Waals surface area contributed by atoms with Gasteiger partial charge in [0.25, 0.3) is 0 Å². The van der Waals surface area contributed by atoms with E-state index < -0.39 is 10.3 Å². The normalized spacial score (nSPS) is 10.2. The first-order valence-corrected chi connectivity index (χ1v) is 5.87. The molecule has 0 aliphatic carbocycles. The van der Waals surface area contributed by atoms with Crippen molar-refractivity contribution in [1.82, 2.24) is 10.2 Å². The van der Waals surface area contributed by atoms with Gasteiger partial charge in [-0.15, -0.1) is 0 Å². The Labute approximate surface area is 97.4 Å². The van der Waals surface area contributed by atoms with E-state index in [1.165, 1.54) is 24.4 Å². The summed E-state index contributed by atoms with van der Waals surface area (Å²) in [7, 11) is -4.18. The molecule has 2 aromatic rings. The summed E-state index contributed by atoms with van der Waals surface area (Å²) in [6.07, 6.45) is 1.42. The molecule has 0 fully saturated rings. The summed E-state index contributed by atoms with van der Waals surface area (Å²) in [6, 6.07) is 9.31. The molecule has 0 saturated heterocycles. The zero-order chi connectivity index (χ0) is 12.7. The number of benzene rings is 1. The molecule has 0 radical (unpaired) electrons. The average molecular weight is 259 g/mol. The summed E-state index contributed by atoms with van der Waals surface area (Å²) in [4.78, 5) is 0. The first-order valence-electron chi connectivity index (χ1n) is 4.43. The molecule has 1 aromatic heterocycles. The molecule has 17 heavy (non-hydrogen) atoms. The number of nitrogens with one attached hydrogen (secondary N) is 2. The highest BCUT2D eigenvalue weighted by Gasteiger charge is 2.03. The van der Waals surface area contributed by atoms with E-state index in [1.807, 2.05) is 0 Å². The molecule has 0 amide bonds. The van der Waals surface area contributed by atoms with Crippen molar-refractivity contribution in [3.05, 3.63) is 48.4 Å². The van der Waals surface area contributed by atoms with Gasteiger partial charge in [0, 0.05) is 12.3 Å². The Morgan fingerprint density at radius 2 is 1.88 bits per heavy atom.